The van der Waals surface area contributed by atoms with Gasteiger partial charge in [-0.3, -0.25) is 4.79 Å². The van der Waals surface area contributed by atoms with Gasteiger partial charge in [-0.1, -0.05) is 35.9 Å². The fraction of sp³-hybridized carbons (Fsp3) is 0.167. The average Bonchev–Trinajstić information content (AvgIpc) is 2.93. The molecule has 3 aromatic carbocycles. The number of nitrogens with one attached hydrogen (secondary N) is 1. The van der Waals surface area contributed by atoms with Gasteiger partial charge in [0.25, 0.3) is 0 Å². The Labute approximate surface area is 221 Å². The number of carbonyl (C=O) groups is 1. The first-order valence-corrected chi connectivity index (χ1v) is 12.7. The molecule has 0 bridgehead atoms. The highest BCUT2D eigenvalue weighted by Crippen LogP contribution is 2.35. The summed E-state index contributed by atoms with van der Waals surface area (Å²) in [4.78, 5) is 17.4. The van der Waals surface area contributed by atoms with Crippen molar-refractivity contribution in [2.45, 2.75) is 18.4 Å². The van der Waals surface area contributed by atoms with Crippen LogP contribution in [-0.4, -0.2) is 30.9 Å². The van der Waals surface area contributed by atoms with Gasteiger partial charge in [-0.15, -0.1) is 11.8 Å². The molecule has 4 rings (SSSR count). The van der Waals surface area contributed by atoms with Gasteiger partial charge < -0.3 is 14.8 Å². The number of nitrogens with zero attached hydrogens (tertiary/aromatic N) is 2. The van der Waals surface area contributed by atoms with Crippen LogP contribution in [0, 0.1) is 18.3 Å². The molecule has 1 aromatic heterocycles. The quantitative estimate of drug-likeness (QED) is 0.252. The van der Waals surface area contributed by atoms with Crippen LogP contribution in [0.5, 0.6) is 11.5 Å². The van der Waals surface area contributed by atoms with E-state index < -0.39 is 0 Å². The molecule has 186 valence electrons. The molecule has 0 saturated carbocycles. The summed E-state index contributed by atoms with van der Waals surface area (Å²) in [5.41, 5.74) is 5.73. The van der Waals surface area contributed by atoms with Gasteiger partial charge in [-0.25, -0.2) is 4.98 Å². The van der Waals surface area contributed by atoms with Crippen molar-refractivity contribution in [3.8, 4) is 40.0 Å². The van der Waals surface area contributed by atoms with E-state index in [4.69, 9.17) is 14.5 Å². The molecule has 37 heavy (non-hydrogen) atoms. The number of benzene rings is 3. The molecule has 0 aliphatic rings. The first kappa shape index (κ1) is 25.8. The molecule has 0 saturated heterocycles. The van der Waals surface area contributed by atoms with Crippen LogP contribution in [0.3, 0.4) is 0 Å². The molecule has 6 nitrogen and oxygen atoms in total. The molecule has 0 unspecified atom stereocenters. The van der Waals surface area contributed by atoms with Gasteiger partial charge in [-0.05, 0) is 55.0 Å². The highest BCUT2D eigenvalue weighted by molar-refractivity contribution is 7.99. The molecule has 0 radical (unpaired) electrons. The van der Waals surface area contributed by atoms with Gasteiger partial charge in [0.1, 0.15) is 22.6 Å². The SMILES string of the molecule is COc1ccc(-c2cc(-c3ccc(C)cc3)c(C#N)c(SCCC(=O)Nc3cccc(OC)c3)n2)cc1. The first-order valence-electron chi connectivity index (χ1n) is 11.7. The third kappa shape index (κ3) is 6.49. The molecule has 7 heteroatoms. The standard InChI is InChI=1S/C30H27N3O3S/c1-20-7-9-21(10-8-20)26-18-28(22-11-13-24(35-2)14-12-22)33-30(27(26)19-31)37-16-15-29(34)32-23-5-4-6-25(17-23)36-3/h4-14,17-18H,15-16H2,1-3H3,(H,32,34). The van der Waals surface area contributed by atoms with Gasteiger partial charge in [0, 0.05) is 35.1 Å². The summed E-state index contributed by atoms with van der Waals surface area (Å²) in [6.07, 6.45) is 0.265. The number of amides is 1. The Balaban J connectivity index is 1.60. The van der Waals surface area contributed by atoms with Crippen molar-refractivity contribution in [1.82, 2.24) is 4.98 Å². The van der Waals surface area contributed by atoms with Crippen molar-refractivity contribution in [2.75, 3.05) is 25.3 Å². The second kappa shape index (κ2) is 12.1. The maximum absolute atomic E-state index is 12.6. The minimum Gasteiger partial charge on any atom is -0.497 e. The van der Waals surface area contributed by atoms with Crippen molar-refractivity contribution in [1.29, 1.82) is 5.26 Å². The Morgan fingerprint density at radius 3 is 2.32 bits per heavy atom. The van der Waals surface area contributed by atoms with Gasteiger partial charge in [-0.2, -0.15) is 5.26 Å². The molecule has 1 heterocycles. The number of hydrogen-bond acceptors (Lipinski definition) is 6. The highest BCUT2D eigenvalue weighted by atomic mass is 32.2. The minimum atomic E-state index is -0.121. The van der Waals surface area contributed by atoms with E-state index in [1.807, 2.05) is 79.7 Å². The minimum absolute atomic E-state index is 0.121. The summed E-state index contributed by atoms with van der Waals surface area (Å²) in [6, 6.07) is 27.3. The van der Waals surface area contributed by atoms with Gasteiger partial charge in [0.2, 0.25) is 5.91 Å². The van der Waals surface area contributed by atoms with Crippen LogP contribution in [0.4, 0.5) is 5.69 Å². The Morgan fingerprint density at radius 2 is 1.65 bits per heavy atom. The number of carbonyl (C=O) groups excluding carboxylic acids is 1. The molecule has 1 N–H and O–H groups in total. The fourth-order valence-corrected chi connectivity index (χ4v) is 4.71. The Hall–Kier alpha value is -4.28. The summed E-state index contributed by atoms with van der Waals surface area (Å²) in [6.45, 7) is 2.03. The number of anilines is 1. The molecule has 0 aliphatic heterocycles. The largest absolute Gasteiger partial charge is 0.497 e. The van der Waals surface area contributed by atoms with Crippen LogP contribution in [0.1, 0.15) is 17.5 Å². The maximum atomic E-state index is 12.6. The van der Waals surface area contributed by atoms with Crippen LogP contribution >= 0.6 is 11.8 Å². The number of aromatic nitrogens is 1. The molecular formula is C30H27N3O3S. The van der Waals surface area contributed by atoms with Crippen molar-refractivity contribution in [3.05, 3.63) is 90.0 Å². The molecule has 0 spiro atoms. The van der Waals surface area contributed by atoms with Crippen LogP contribution in [0.15, 0.2) is 83.9 Å². The molecule has 0 atom stereocenters. The van der Waals surface area contributed by atoms with Gasteiger partial charge in [0.15, 0.2) is 0 Å². The summed E-state index contributed by atoms with van der Waals surface area (Å²) in [7, 11) is 3.21. The zero-order valence-electron chi connectivity index (χ0n) is 20.9. The van der Waals surface area contributed by atoms with Crippen molar-refractivity contribution in [2.24, 2.45) is 0 Å². The Bertz CT molecular complexity index is 1430. The number of hydrogen-bond donors (Lipinski definition) is 1. The van der Waals surface area contributed by atoms with Crippen molar-refractivity contribution >= 4 is 23.4 Å². The molecular weight excluding hydrogens is 482 g/mol. The highest BCUT2D eigenvalue weighted by Gasteiger charge is 2.17. The average molecular weight is 510 g/mol. The lowest BCUT2D eigenvalue weighted by atomic mass is 9.98. The molecule has 0 aliphatic carbocycles. The molecule has 4 aromatic rings. The van der Waals surface area contributed by atoms with E-state index in [0.717, 1.165) is 33.7 Å². The Morgan fingerprint density at radius 1 is 0.946 bits per heavy atom. The van der Waals surface area contributed by atoms with E-state index in [1.54, 1.807) is 20.3 Å². The van der Waals surface area contributed by atoms with E-state index in [9.17, 15) is 10.1 Å². The fourth-order valence-electron chi connectivity index (χ4n) is 3.77. The van der Waals surface area contributed by atoms with Crippen LogP contribution < -0.4 is 14.8 Å². The summed E-state index contributed by atoms with van der Waals surface area (Å²) < 4.78 is 10.5. The first-order chi connectivity index (χ1) is 18.0. The van der Waals surface area contributed by atoms with Crippen molar-refractivity contribution in [3.63, 3.8) is 0 Å². The monoisotopic (exact) mass is 509 g/mol. The lowest BCUT2D eigenvalue weighted by molar-refractivity contribution is -0.115. The maximum Gasteiger partial charge on any atom is 0.225 e. The van der Waals surface area contributed by atoms with E-state index >= 15 is 0 Å². The summed E-state index contributed by atoms with van der Waals surface area (Å²) >= 11 is 1.40. The third-order valence-corrected chi connectivity index (χ3v) is 6.74. The summed E-state index contributed by atoms with van der Waals surface area (Å²) in [5.74, 6) is 1.78. The van der Waals surface area contributed by atoms with Gasteiger partial charge in [0.05, 0.1) is 25.5 Å². The third-order valence-electron chi connectivity index (χ3n) is 5.77. The van der Waals surface area contributed by atoms with E-state index in [2.05, 4.69) is 11.4 Å². The lowest BCUT2D eigenvalue weighted by Gasteiger charge is -2.13. The van der Waals surface area contributed by atoms with E-state index in [-0.39, 0.29) is 12.3 Å². The molecule has 1 amide bonds. The number of methoxy groups -OCH3 is 2. The number of aryl methyl sites for hydroxylation is 1. The number of thioether (sulfide) groups is 1. The van der Waals surface area contributed by atoms with E-state index in [1.165, 1.54) is 11.8 Å². The normalized spacial score (nSPS) is 10.4. The molecule has 0 fully saturated rings. The second-order valence-electron chi connectivity index (χ2n) is 8.32. The van der Waals surface area contributed by atoms with Gasteiger partial charge >= 0.3 is 0 Å². The number of ether oxygens (including phenoxy) is 2. The predicted molar refractivity (Wildman–Crippen MR) is 148 cm³/mol. The summed E-state index contributed by atoms with van der Waals surface area (Å²) in [5, 5.41) is 13.6. The lowest BCUT2D eigenvalue weighted by Crippen LogP contribution is -2.12. The Kier molecular flexibility index (Phi) is 8.44. The zero-order chi connectivity index (χ0) is 26.2. The smallest absolute Gasteiger partial charge is 0.225 e. The van der Waals surface area contributed by atoms with Crippen LogP contribution in [0.25, 0.3) is 22.4 Å². The number of pyridine rings is 1. The second-order valence-corrected chi connectivity index (χ2v) is 9.40. The zero-order valence-corrected chi connectivity index (χ0v) is 21.8. The number of nitriles is 1. The van der Waals surface area contributed by atoms with Crippen LogP contribution in [0.2, 0.25) is 0 Å². The van der Waals surface area contributed by atoms with E-state index in [0.29, 0.717) is 27.8 Å². The van der Waals surface area contributed by atoms with Crippen LogP contribution in [-0.2, 0) is 4.79 Å². The number of rotatable bonds is 9. The topological polar surface area (TPSA) is 84.2 Å². The van der Waals surface area contributed by atoms with Crippen molar-refractivity contribution < 1.29 is 14.3 Å². The predicted octanol–water partition coefficient (Wildman–Crippen LogP) is 6.73.